The van der Waals surface area contributed by atoms with E-state index >= 15 is 0 Å². The molecule has 3 nitrogen and oxygen atoms in total. The third-order valence-corrected chi connectivity index (χ3v) is 1.45. The molecule has 0 amide bonds. The van der Waals surface area contributed by atoms with E-state index in [0.29, 0.717) is 6.54 Å². The lowest BCUT2D eigenvalue weighted by Crippen LogP contribution is -2.03. The molecule has 0 aliphatic heterocycles. The van der Waals surface area contributed by atoms with Gasteiger partial charge in [0.2, 0.25) is 0 Å². The summed E-state index contributed by atoms with van der Waals surface area (Å²) in [4.78, 5) is 0. The van der Waals surface area contributed by atoms with Gasteiger partial charge in [-0.3, -0.25) is 0 Å². The van der Waals surface area contributed by atoms with Crippen molar-refractivity contribution in [1.82, 2.24) is 9.88 Å². The Kier molecular flexibility index (Phi) is 2.70. The Labute approximate surface area is 66.3 Å². The summed E-state index contributed by atoms with van der Waals surface area (Å²) in [5.74, 6) is 0. The fourth-order valence-electron chi connectivity index (χ4n) is 0.979. The Bertz CT molecular complexity index is 257. The molecule has 0 aromatic carbocycles. The second-order valence-electron chi connectivity index (χ2n) is 2.38. The van der Waals surface area contributed by atoms with Crippen LogP contribution in [0.2, 0.25) is 0 Å². The molecular formula is C8H11N3. The average Bonchev–Trinajstić information content (AvgIpc) is 2.38. The van der Waals surface area contributed by atoms with E-state index in [9.17, 15) is 0 Å². The fraction of sp³-hybridized carbons (Fsp3) is 0.375. The van der Waals surface area contributed by atoms with E-state index < -0.39 is 0 Å². The van der Waals surface area contributed by atoms with Gasteiger partial charge in [-0.15, -0.1) is 0 Å². The molecule has 1 aromatic heterocycles. The number of hydrogen-bond donors (Lipinski definition) is 1. The smallest absolute Gasteiger partial charge is 0.109 e. The molecule has 0 fully saturated rings. The zero-order chi connectivity index (χ0) is 8.10. The minimum Gasteiger partial charge on any atom is -0.340 e. The molecule has 0 unspecified atom stereocenters. The lowest BCUT2D eigenvalue weighted by molar-refractivity contribution is 0.798. The first-order chi connectivity index (χ1) is 5.36. The topological polar surface area (TPSA) is 40.8 Å². The van der Waals surface area contributed by atoms with Gasteiger partial charge in [0, 0.05) is 18.9 Å². The van der Waals surface area contributed by atoms with Crippen LogP contribution in [0.1, 0.15) is 5.56 Å². The predicted octanol–water partition coefficient (Wildman–Crippen LogP) is 0.731. The number of nitrogens with zero attached hydrogens (tertiary/aromatic N) is 2. The molecule has 0 saturated carbocycles. The van der Waals surface area contributed by atoms with E-state index in [-0.39, 0.29) is 0 Å². The summed E-state index contributed by atoms with van der Waals surface area (Å²) in [6, 6.07) is 4.09. The molecule has 1 N–H and O–H groups in total. The molecule has 0 saturated heterocycles. The van der Waals surface area contributed by atoms with Crippen molar-refractivity contribution in [2.24, 2.45) is 0 Å². The van der Waals surface area contributed by atoms with Crippen molar-refractivity contribution >= 4 is 0 Å². The van der Waals surface area contributed by atoms with E-state index in [1.54, 1.807) is 0 Å². The van der Waals surface area contributed by atoms with E-state index in [1.165, 1.54) is 5.56 Å². The summed E-state index contributed by atoms with van der Waals surface area (Å²) >= 11 is 0. The minimum atomic E-state index is 0.434. The van der Waals surface area contributed by atoms with E-state index in [0.717, 1.165) is 6.54 Å². The highest BCUT2D eigenvalue weighted by atomic mass is 14.9. The van der Waals surface area contributed by atoms with E-state index in [4.69, 9.17) is 5.26 Å². The Morgan fingerprint density at radius 2 is 2.55 bits per heavy atom. The number of hydrogen-bond acceptors (Lipinski definition) is 2. The first-order valence-electron chi connectivity index (χ1n) is 3.53. The van der Waals surface area contributed by atoms with Crippen LogP contribution in [0, 0.1) is 11.3 Å². The van der Waals surface area contributed by atoms with Crippen molar-refractivity contribution in [1.29, 1.82) is 5.26 Å². The molecule has 1 heterocycles. The normalized spacial score (nSPS) is 9.45. The molecule has 0 atom stereocenters. The fourth-order valence-corrected chi connectivity index (χ4v) is 0.979. The standard InChI is InChI=1S/C8H11N3/c1-10-6-8-2-4-11(7-8)5-3-9/h2,4,7,10H,5-6H2,1H3. The minimum absolute atomic E-state index is 0.434. The molecule has 0 radical (unpaired) electrons. The predicted molar refractivity (Wildman–Crippen MR) is 42.8 cm³/mol. The van der Waals surface area contributed by atoms with Crippen LogP contribution in [0.15, 0.2) is 18.5 Å². The van der Waals surface area contributed by atoms with Gasteiger partial charge in [0.1, 0.15) is 6.54 Å². The summed E-state index contributed by atoms with van der Waals surface area (Å²) in [6.45, 7) is 1.29. The van der Waals surface area contributed by atoms with Gasteiger partial charge >= 0.3 is 0 Å². The maximum absolute atomic E-state index is 8.37. The van der Waals surface area contributed by atoms with Crippen molar-refractivity contribution in [3.63, 3.8) is 0 Å². The SMILES string of the molecule is CNCc1ccn(CC#N)c1. The van der Waals surface area contributed by atoms with E-state index in [2.05, 4.69) is 11.4 Å². The van der Waals surface area contributed by atoms with Gasteiger partial charge in [0.25, 0.3) is 0 Å². The average molecular weight is 149 g/mol. The van der Waals surface area contributed by atoms with Gasteiger partial charge in [-0.25, -0.2) is 0 Å². The highest BCUT2D eigenvalue weighted by Gasteiger charge is 1.93. The molecule has 1 aromatic rings. The molecule has 1 rings (SSSR count). The van der Waals surface area contributed by atoms with Crippen LogP contribution in [-0.2, 0) is 13.1 Å². The molecule has 0 spiro atoms. The molecule has 58 valence electrons. The summed E-state index contributed by atoms with van der Waals surface area (Å²) in [5, 5.41) is 11.4. The number of aromatic nitrogens is 1. The van der Waals surface area contributed by atoms with Crippen molar-refractivity contribution in [2.75, 3.05) is 7.05 Å². The van der Waals surface area contributed by atoms with Gasteiger partial charge in [-0.2, -0.15) is 5.26 Å². The maximum Gasteiger partial charge on any atom is 0.109 e. The Balaban J connectivity index is 2.60. The lowest BCUT2D eigenvalue weighted by Gasteiger charge is -1.93. The monoisotopic (exact) mass is 149 g/mol. The van der Waals surface area contributed by atoms with Gasteiger partial charge in [0.15, 0.2) is 0 Å². The molecular weight excluding hydrogens is 138 g/mol. The molecule has 11 heavy (non-hydrogen) atoms. The second kappa shape index (κ2) is 3.79. The summed E-state index contributed by atoms with van der Waals surface area (Å²) in [5.41, 5.74) is 1.21. The van der Waals surface area contributed by atoms with Crippen molar-refractivity contribution < 1.29 is 0 Å². The van der Waals surface area contributed by atoms with Gasteiger partial charge < -0.3 is 9.88 Å². The molecule has 0 bridgehead atoms. The second-order valence-corrected chi connectivity index (χ2v) is 2.38. The van der Waals surface area contributed by atoms with Gasteiger partial charge in [-0.1, -0.05) is 0 Å². The van der Waals surface area contributed by atoms with Crippen LogP contribution >= 0.6 is 0 Å². The first kappa shape index (κ1) is 7.83. The zero-order valence-corrected chi connectivity index (χ0v) is 6.54. The summed E-state index contributed by atoms with van der Waals surface area (Å²) < 4.78 is 1.87. The molecule has 3 heteroatoms. The Morgan fingerprint density at radius 1 is 1.73 bits per heavy atom. The van der Waals surface area contributed by atoms with Crippen LogP contribution in [-0.4, -0.2) is 11.6 Å². The quantitative estimate of drug-likeness (QED) is 0.688. The van der Waals surface area contributed by atoms with Crippen molar-refractivity contribution in [3.05, 3.63) is 24.0 Å². The first-order valence-corrected chi connectivity index (χ1v) is 3.53. The lowest BCUT2D eigenvalue weighted by atomic mass is 10.3. The van der Waals surface area contributed by atoms with Crippen molar-refractivity contribution in [2.45, 2.75) is 13.1 Å². The number of nitriles is 1. The summed E-state index contributed by atoms with van der Waals surface area (Å²) in [6.07, 6.45) is 3.88. The van der Waals surface area contributed by atoms with Gasteiger partial charge in [0.05, 0.1) is 6.07 Å². The third kappa shape index (κ3) is 2.10. The number of rotatable bonds is 3. The van der Waals surface area contributed by atoms with Crippen LogP contribution in [0.5, 0.6) is 0 Å². The molecule has 0 aliphatic carbocycles. The van der Waals surface area contributed by atoms with Crippen LogP contribution in [0.3, 0.4) is 0 Å². The third-order valence-electron chi connectivity index (χ3n) is 1.45. The van der Waals surface area contributed by atoms with Crippen LogP contribution < -0.4 is 5.32 Å². The Hall–Kier alpha value is -1.27. The Morgan fingerprint density at radius 3 is 3.18 bits per heavy atom. The highest BCUT2D eigenvalue weighted by Crippen LogP contribution is 1.99. The number of nitrogens with one attached hydrogen (secondary N) is 1. The zero-order valence-electron chi connectivity index (χ0n) is 6.54. The summed E-state index contributed by atoms with van der Waals surface area (Å²) in [7, 11) is 1.90. The van der Waals surface area contributed by atoms with Crippen LogP contribution in [0.25, 0.3) is 0 Å². The largest absolute Gasteiger partial charge is 0.340 e. The maximum atomic E-state index is 8.37. The van der Waals surface area contributed by atoms with Crippen LogP contribution in [0.4, 0.5) is 0 Å². The van der Waals surface area contributed by atoms with E-state index in [1.807, 2.05) is 30.1 Å². The van der Waals surface area contributed by atoms with Crippen molar-refractivity contribution in [3.8, 4) is 6.07 Å². The molecule has 0 aliphatic rings. The van der Waals surface area contributed by atoms with Gasteiger partial charge in [-0.05, 0) is 18.7 Å². The highest BCUT2D eigenvalue weighted by molar-refractivity contribution is 5.10.